The van der Waals surface area contributed by atoms with Crippen LogP contribution < -0.4 is 10.6 Å². The average molecular weight is 228 g/mol. The van der Waals surface area contributed by atoms with E-state index in [4.69, 9.17) is 10.5 Å². The van der Waals surface area contributed by atoms with Crippen LogP contribution in [0, 0.1) is 0 Å². The van der Waals surface area contributed by atoms with Crippen LogP contribution in [0.1, 0.15) is 19.8 Å². The van der Waals surface area contributed by atoms with Gasteiger partial charge in [-0.1, -0.05) is 0 Å². The summed E-state index contributed by atoms with van der Waals surface area (Å²) in [6, 6.07) is 0. The summed E-state index contributed by atoms with van der Waals surface area (Å²) >= 11 is 1.35. The third kappa shape index (κ3) is 2.21. The van der Waals surface area contributed by atoms with Crippen LogP contribution >= 0.6 is 11.5 Å². The summed E-state index contributed by atoms with van der Waals surface area (Å²) < 4.78 is 9.51. The van der Waals surface area contributed by atoms with Crippen molar-refractivity contribution in [2.75, 3.05) is 30.8 Å². The predicted octanol–water partition coefficient (Wildman–Crippen LogP) is 1.13. The number of methoxy groups -OCH3 is 1. The van der Waals surface area contributed by atoms with E-state index >= 15 is 0 Å². The van der Waals surface area contributed by atoms with Crippen LogP contribution in [0.5, 0.6) is 0 Å². The Morgan fingerprint density at radius 2 is 2.40 bits per heavy atom. The molecule has 0 saturated carbocycles. The summed E-state index contributed by atoms with van der Waals surface area (Å²) in [4.78, 5) is 6.39. The maximum atomic E-state index is 5.52. The lowest BCUT2D eigenvalue weighted by Gasteiger charge is -2.39. The van der Waals surface area contributed by atoms with E-state index in [2.05, 4.69) is 21.2 Å². The molecule has 0 amide bonds. The van der Waals surface area contributed by atoms with Crippen molar-refractivity contribution in [3.63, 3.8) is 0 Å². The number of nitrogen functional groups attached to an aromatic ring is 1. The lowest BCUT2D eigenvalue weighted by atomic mass is 9.95. The second kappa shape index (κ2) is 3.94. The monoisotopic (exact) mass is 228 g/mol. The standard InChI is InChI=1S/C9H16N4OS/c1-9(14-2)4-3-5-13(6-9)8-11-7(10)12-15-8/h3-6H2,1-2H3,(H2,10,12). The first kappa shape index (κ1) is 10.6. The summed E-state index contributed by atoms with van der Waals surface area (Å²) in [6.45, 7) is 4.00. The molecule has 0 aliphatic carbocycles. The first-order valence-corrected chi connectivity index (χ1v) is 5.80. The van der Waals surface area contributed by atoms with Crippen LogP contribution in [-0.4, -0.2) is 35.2 Å². The van der Waals surface area contributed by atoms with Gasteiger partial charge in [-0.25, -0.2) is 0 Å². The van der Waals surface area contributed by atoms with Crippen molar-refractivity contribution in [2.45, 2.75) is 25.4 Å². The number of piperidine rings is 1. The molecule has 1 aromatic heterocycles. The highest BCUT2D eigenvalue weighted by Gasteiger charge is 2.32. The van der Waals surface area contributed by atoms with Crippen LogP contribution in [0.15, 0.2) is 0 Å². The molecule has 1 fully saturated rings. The molecule has 5 nitrogen and oxygen atoms in total. The van der Waals surface area contributed by atoms with Crippen molar-refractivity contribution in [1.82, 2.24) is 9.36 Å². The Bertz CT molecular complexity index is 343. The van der Waals surface area contributed by atoms with E-state index in [1.807, 2.05) is 0 Å². The minimum Gasteiger partial charge on any atom is -0.377 e. The fourth-order valence-electron chi connectivity index (χ4n) is 1.89. The van der Waals surface area contributed by atoms with Crippen LogP contribution in [-0.2, 0) is 4.74 Å². The molecule has 1 aliphatic heterocycles. The van der Waals surface area contributed by atoms with Crippen LogP contribution in [0.4, 0.5) is 11.1 Å². The maximum absolute atomic E-state index is 5.52. The molecule has 6 heteroatoms. The molecule has 1 unspecified atom stereocenters. The van der Waals surface area contributed by atoms with Gasteiger partial charge in [0.1, 0.15) is 0 Å². The third-order valence-corrected chi connectivity index (χ3v) is 3.64. The Labute approximate surface area is 93.4 Å². The lowest BCUT2D eigenvalue weighted by Crippen LogP contribution is -2.47. The Hall–Kier alpha value is -0.880. The van der Waals surface area contributed by atoms with Gasteiger partial charge in [-0.3, -0.25) is 0 Å². The smallest absolute Gasteiger partial charge is 0.233 e. The van der Waals surface area contributed by atoms with Gasteiger partial charge in [0.2, 0.25) is 11.1 Å². The number of nitrogens with zero attached hydrogens (tertiary/aromatic N) is 3. The second-order valence-corrected chi connectivity index (χ2v) is 4.84. The average Bonchev–Trinajstić information content (AvgIpc) is 2.65. The van der Waals surface area contributed by atoms with E-state index in [0.29, 0.717) is 5.95 Å². The van der Waals surface area contributed by atoms with Crippen molar-refractivity contribution in [2.24, 2.45) is 0 Å². The zero-order chi connectivity index (χ0) is 10.9. The first-order valence-electron chi connectivity index (χ1n) is 5.02. The van der Waals surface area contributed by atoms with Crippen molar-refractivity contribution < 1.29 is 4.74 Å². The number of hydrogen-bond donors (Lipinski definition) is 1. The van der Waals surface area contributed by atoms with Gasteiger partial charge in [0.05, 0.1) is 5.60 Å². The van der Waals surface area contributed by atoms with Gasteiger partial charge in [-0.15, -0.1) is 0 Å². The zero-order valence-electron chi connectivity index (χ0n) is 9.06. The van der Waals surface area contributed by atoms with Gasteiger partial charge in [0.15, 0.2) is 0 Å². The molecular formula is C9H16N4OS. The van der Waals surface area contributed by atoms with E-state index in [-0.39, 0.29) is 5.60 Å². The summed E-state index contributed by atoms with van der Waals surface area (Å²) in [5.74, 6) is 0.361. The predicted molar refractivity (Wildman–Crippen MR) is 61.2 cm³/mol. The molecule has 0 bridgehead atoms. The van der Waals surface area contributed by atoms with Crippen LogP contribution in [0.25, 0.3) is 0 Å². The molecule has 0 radical (unpaired) electrons. The molecule has 0 spiro atoms. The number of hydrogen-bond acceptors (Lipinski definition) is 6. The summed E-state index contributed by atoms with van der Waals surface area (Å²) in [7, 11) is 1.76. The van der Waals surface area contributed by atoms with Gasteiger partial charge in [-0.2, -0.15) is 9.36 Å². The van der Waals surface area contributed by atoms with Gasteiger partial charge < -0.3 is 15.4 Å². The molecule has 0 aromatic carbocycles. The number of rotatable bonds is 2. The van der Waals surface area contributed by atoms with Gasteiger partial charge in [-0.05, 0) is 19.8 Å². The highest BCUT2D eigenvalue weighted by molar-refractivity contribution is 7.09. The SMILES string of the molecule is COC1(C)CCCN(c2nc(N)ns2)C1. The lowest BCUT2D eigenvalue weighted by molar-refractivity contribution is -0.00465. The summed E-state index contributed by atoms with van der Waals surface area (Å²) in [5.41, 5.74) is 5.44. The van der Waals surface area contributed by atoms with Crippen LogP contribution in [0.2, 0.25) is 0 Å². The normalized spacial score (nSPS) is 26.9. The summed E-state index contributed by atoms with van der Waals surface area (Å²) in [5, 5.41) is 0.899. The van der Waals surface area contributed by atoms with Gasteiger partial charge >= 0.3 is 0 Å². The van der Waals surface area contributed by atoms with Crippen molar-refractivity contribution in [3.8, 4) is 0 Å². The van der Waals surface area contributed by atoms with Crippen molar-refractivity contribution >= 4 is 22.6 Å². The van der Waals surface area contributed by atoms with Crippen LogP contribution in [0.3, 0.4) is 0 Å². The fraction of sp³-hybridized carbons (Fsp3) is 0.778. The van der Waals surface area contributed by atoms with Gasteiger partial charge in [0.25, 0.3) is 0 Å². The fourth-order valence-corrected chi connectivity index (χ4v) is 2.51. The van der Waals surface area contributed by atoms with E-state index in [0.717, 1.165) is 31.1 Å². The Morgan fingerprint density at radius 1 is 1.60 bits per heavy atom. The molecular weight excluding hydrogens is 212 g/mol. The molecule has 1 aliphatic rings. The molecule has 84 valence electrons. The van der Waals surface area contributed by atoms with Crippen molar-refractivity contribution in [1.29, 1.82) is 0 Å². The molecule has 2 heterocycles. The molecule has 1 atom stereocenters. The van der Waals surface area contributed by atoms with E-state index in [1.54, 1.807) is 7.11 Å². The Balaban J connectivity index is 2.11. The van der Waals surface area contributed by atoms with Crippen molar-refractivity contribution in [3.05, 3.63) is 0 Å². The van der Waals surface area contributed by atoms with E-state index in [1.165, 1.54) is 11.5 Å². The highest BCUT2D eigenvalue weighted by Crippen LogP contribution is 2.29. The van der Waals surface area contributed by atoms with Gasteiger partial charge in [0, 0.05) is 31.7 Å². The highest BCUT2D eigenvalue weighted by atomic mass is 32.1. The minimum absolute atomic E-state index is 0.0708. The Morgan fingerprint density at radius 3 is 3.00 bits per heavy atom. The molecule has 2 N–H and O–H groups in total. The third-order valence-electron chi connectivity index (χ3n) is 2.85. The van der Waals surface area contributed by atoms with E-state index < -0.39 is 0 Å². The minimum atomic E-state index is -0.0708. The second-order valence-electron chi connectivity index (χ2n) is 4.11. The number of anilines is 2. The molecule has 2 rings (SSSR count). The topological polar surface area (TPSA) is 64.3 Å². The number of aromatic nitrogens is 2. The largest absolute Gasteiger partial charge is 0.377 e. The quantitative estimate of drug-likeness (QED) is 0.822. The first-order chi connectivity index (χ1) is 7.13. The zero-order valence-corrected chi connectivity index (χ0v) is 9.88. The molecule has 1 aromatic rings. The Kier molecular flexibility index (Phi) is 2.79. The summed E-state index contributed by atoms with van der Waals surface area (Å²) in [6.07, 6.45) is 2.21. The van der Waals surface area contributed by atoms with E-state index in [9.17, 15) is 0 Å². The maximum Gasteiger partial charge on any atom is 0.233 e. The molecule has 1 saturated heterocycles. The molecule has 15 heavy (non-hydrogen) atoms. The number of nitrogens with two attached hydrogens (primary N) is 1. The number of ether oxygens (including phenoxy) is 1.